The van der Waals surface area contributed by atoms with Gasteiger partial charge in [-0.25, -0.2) is 9.78 Å². The third kappa shape index (κ3) is 4.80. The Balaban J connectivity index is 2.24. The van der Waals surface area contributed by atoms with Crippen molar-refractivity contribution in [2.75, 3.05) is 0 Å². The first-order valence-corrected chi connectivity index (χ1v) is 6.89. The van der Waals surface area contributed by atoms with Crippen molar-refractivity contribution in [2.24, 2.45) is 0 Å². The van der Waals surface area contributed by atoms with Gasteiger partial charge in [0.25, 0.3) is 5.91 Å². The molecule has 0 bridgehead atoms. The quantitative estimate of drug-likeness (QED) is 0.877. The number of nitrogens with zero attached hydrogens (tertiary/aromatic N) is 1. The summed E-state index contributed by atoms with van der Waals surface area (Å²) in [5.74, 6) is -2.21. The first-order chi connectivity index (χ1) is 11.3. The molecule has 126 valence electrons. The molecule has 5 nitrogen and oxygen atoms in total. The van der Waals surface area contributed by atoms with Gasteiger partial charge in [-0.1, -0.05) is 36.4 Å². The van der Waals surface area contributed by atoms with Crippen LogP contribution in [0.5, 0.6) is 0 Å². The van der Waals surface area contributed by atoms with Gasteiger partial charge in [-0.05, 0) is 17.7 Å². The van der Waals surface area contributed by atoms with Crippen LogP contribution in [0, 0.1) is 0 Å². The Labute approximate surface area is 135 Å². The van der Waals surface area contributed by atoms with Crippen molar-refractivity contribution in [2.45, 2.75) is 18.6 Å². The molecule has 1 aromatic carbocycles. The lowest BCUT2D eigenvalue weighted by Gasteiger charge is -2.20. The van der Waals surface area contributed by atoms with Gasteiger partial charge in [-0.15, -0.1) is 0 Å². The largest absolute Gasteiger partial charge is 0.477 e. The lowest BCUT2D eigenvalue weighted by atomic mass is 10.0. The summed E-state index contributed by atoms with van der Waals surface area (Å²) in [4.78, 5) is 26.6. The standard InChI is InChI=1S/C16H13F3N2O3/c17-16(18,19)9-13(10-5-2-1-3-6-10)21-14(22)11-7-4-8-12(20-11)15(23)24/h1-8,13H,9H2,(H,21,22)(H,23,24). The second-order valence-electron chi connectivity index (χ2n) is 4.97. The molecule has 0 saturated heterocycles. The number of nitrogens with one attached hydrogen (secondary N) is 1. The number of rotatable bonds is 5. The van der Waals surface area contributed by atoms with Crippen molar-refractivity contribution in [1.29, 1.82) is 0 Å². The van der Waals surface area contributed by atoms with E-state index in [0.717, 1.165) is 0 Å². The van der Waals surface area contributed by atoms with Crippen molar-refractivity contribution < 1.29 is 27.9 Å². The summed E-state index contributed by atoms with van der Waals surface area (Å²) in [6.45, 7) is 0. The fourth-order valence-corrected chi connectivity index (χ4v) is 2.08. The Morgan fingerprint density at radius 3 is 2.25 bits per heavy atom. The summed E-state index contributed by atoms with van der Waals surface area (Å²) in [5.41, 5.74) is -0.342. The number of benzene rings is 1. The molecule has 0 spiro atoms. The number of amides is 1. The van der Waals surface area contributed by atoms with E-state index in [4.69, 9.17) is 5.11 Å². The number of carbonyl (C=O) groups excluding carboxylic acids is 1. The SMILES string of the molecule is O=C(O)c1cccc(C(=O)NC(CC(F)(F)F)c2ccccc2)n1. The Morgan fingerprint density at radius 2 is 1.67 bits per heavy atom. The van der Waals surface area contributed by atoms with E-state index >= 15 is 0 Å². The van der Waals surface area contributed by atoms with Crippen molar-refractivity contribution >= 4 is 11.9 Å². The van der Waals surface area contributed by atoms with E-state index in [9.17, 15) is 22.8 Å². The van der Waals surface area contributed by atoms with E-state index in [1.54, 1.807) is 18.2 Å². The molecule has 2 aromatic rings. The molecule has 1 unspecified atom stereocenters. The lowest BCUT2D eigenvalue weighted by Crippen LogP contribution is -2.32. The van der Waals surface area contributed by atoms with Gasteiger partial charge in [0.05, 0.1) is 12.5 Å². The van der Waals surface area contributed by atoms with Crippen LogP contribution in [-0.2, 0) is 0 Å². The zero-order valence-corrected chi connectivity index (χ0v) is 12.2. The number of alkyl halides is 3. The van der Waals surface area contributed by atoms with Crippen LogP contribution in [0.25, 0.3) is 0 Å². The molecule has 0 aliphatic heterocycles. The normalized spacial score (nSPS) is 12.5. The molecular formula is C16H13F3N2O3. The predicted molar refractivity (Wildman–Crippen MR) is 78.5 cm³/mol. The highest BCUT2D eigenvalue weighted by Crippen LogP contribution is 2.29. The Morgan fingerprint density at radius 1 is 1.04 bits per heavy atom. The van der Waals surface area contributed by atoms with Gasteiger partial charge in [-0.3, -0.25) is 4.79 Å². The molecule has 1 atom stereocenters. The van der Waals surface area contributed by atoms with E-state index < -0.39 is 30.5 Å². The number of aromatic carboxylic acids is 1. The maximum absolute atomic E-state index is 12.8. The first-order valence-electron chi connectivity index (χ1n) is 6.89. The van der Waals surface area contributed by atoms with Gasteiger partial charge in [0.1, 0.15) is 11.4 Å². The van der Waals surface area contributed by atoms with Crippen LogP contribution >= 0.6 is 0 Å². The third-order valence-electron chi connectivity index (χ3n) is 3.14. The van der Waals surface area contributed by atoms with Gasteiger partial charge in [-0.2, -0.15) is 13.2 Å². The van der Waals surface area contributed by atoms with E-state index in [0.29, 0.717) is 0 Å². The average molecular weight is 338 g/mol. The number of carboxylic acids is 1. The molecule has 1 aromatic heterocycles. The maximum atomic E-state index is 12.8. The Kier molecular flexibility index (Phi) is 5.18. The zero-order chi connectivity index (χ0) is 17.7. The highest BCUT2D eigenvalue weighted by molar-refractivity contribution is 5.94. The first kappa shape index (κ1) is 17.5. The van der Waals surface area contributed by atoms with Crippen molar-refractivity contribution in [3.05, 3.63) is 65.5 Å². The minimum absolute atomic E-state index is 0.266. The molecule has 2 rings (SSSR count). The average Bonchev–Trinajstić information content (AvgIpc) is 2.54. The van der Waals surface area contributed by atoms with Gasteiger partial charge in [0.15, 0.2) is 0 Å². The number of carbonyl (C=O) groups is 2. The summed E-state index contributed by atoms with van der Waals surface area (Å²) < 4.78 is 38.3. The van der Waals surface area contributed by atoms with E-state index in [1.807, 2.05) is 0 Å². The molecule has 1 heterocycles. The Hall–Kier alpha value is -2.90. The molecule has 0 fully saturated rings. The second-order valence-corrected chi connectivity index (χ2v) is 4.97. The van der Waals surface area contributed by atoms with E-state index in [-0.39, 0.29) is 17.0 Å². The molecule has 0 aliphatic carbocycles. The summed E-state index contributed by atoms with van der Waals surface area (Å²) in [5, 5.41) is 11.1. The fraction of sp³-hybridized carbons (Fsp3) is 0.188. The van der Waals surface area contributed by atoms with Crippen LogP contribution in [0.15, 0.2) is 48.5 Å². The van der Waals surface area contributed by atoms with Gasteiger partial charge >= 0.3 is 12.1 Å². The number of aromatic nitrogens is 1. The fourth-order valence-electron chi connectivity index (χ4n) is 2.08. The van der Waals surface area contributed by atoms with Gasteiger partial charge in [0.2, 0.25) is 0 Å². The zero-order valence-electron chi connectivity index (χ0n) is 12.2. The van der Waals surface area contributed by atoms with Crippen molar-refractivity contribution in [1.82, 2.24) is 10.3 Å². The number of pyridine rings is 1. The van der Waals surface area contributed by atoms with Crippen LogP contribution in [0.1, 0.15) is 39.0 Å². The van der Waals surface area contributed by atoms with Crippen LogP contribution in [0.2, 0.25) is 0 Å². The molecule has 24 heavy (non-hydrogen) atoms. The van der Waals surface area contributed by atoms with Crippen LogP contribution in [-0.4, -0.2) is 28.1 Å². The van der Waals surface area contributed by atoms with E-state index in [2.05, 4.69) is 10.3 Å². The van der Waals surface area contributed by atoms with Gasteiger partial charge < -0.3 is 10.4 Å². The van der Waals surface area contributed by atoms with Crippen LogP contribution in [0.3, 0.4) is 0 Å². The summed E-state index contributed by atoms with van der Waals surface area (Å²) in [7, 11) is 0. The molecule has 0 aliphatic rings. The smallest absolute Gasteiger partial charge is 0.391 e. The number of carboxylic acid groups (broad SMARTS) is 1. The number of hydrogen-bond donors (Lipinski definition) is 2. The van der Waals surface area contributed by atoms with Crippen LogP contribution in [0.4, 0.5) is 13.2 Å². The topological polar surface area (TPSA) is 79.3 Å². The number of halogens is 3. The van der Waals surface area contributed by atoms with Gasteiger partial charge in [0, 0.05) is 0 Å². The molecule has 0 saturated carbocycles. The second kappa shape index (κ2) is 7.12. The molecule has 8 heteroatoms. The molecule has 2 N–H and O–H groups in total. The van der Waals surface area contributed by atoms with Crippen LogP contribution < -0.4 is 5.32 Å². The minimum Gasteiger partial charge on any atom is -0.477 e. The number of hydrogen-bond acceptors (Lipinski definition) is 3. The molecule has 1 amide bonds. The summed E-state index contributed by atoms with van der Waals surface area (Å²) in [6, 6.07) is 10.1. The predicted octanol–water partition coefficient (Wildman–Crippen LogP) is 3.20. The lowest BCUT2D eigenvalue weighted by molar-refractivity contribution is -0.139. The maximum Gasteiger partial charge on any atom is 0.391 e. The molecule has 0 radical (unpaired) electrons. The van der Waals surface area contributed by atoms with E-state index in [1.165, 1.54) is 30.3 Å². The minimum atomic E-state index is -4.48. The third-order valence-corrected chi connectivity index (χ3v) is 3.14. The monoisotopic (exact) mass is 338 g/mol. The highest BCUT2D eigenvalue weighted by atomic mass is 19.4. The summed E-state index contributed by atoms with van der Waals surface area (Å²) >= 11 is 0. The van der Waals surface area contributed by atoms with Crippen molar-refractivity contribution in [3.8, 4) is 0 Å². The summed E-state index contributed by atoms with van der Waals surface area (Å²) in [6.07, 6.45) is -5.73. The van der Waals surface area contributed by atoms with Crippen molar-refractivity contribution in [3.63, 3.8) is 0 Å². The molecular weight excluding hydrogens is 325 g/mol. The highest BCUT2D eigenvalue weighted by Gasteiger charge is 2.33. The Bertz CT molecular complexity index is 733.